The maximum Gasteiger partial charge on any atom is 0.235 e. The molecule has 1 aliphatic heterocycles. The molecule has 1 saturated heterocycles. The van der Waals surface area contributed by atoms with Crippen molar-refractivity contribution in [1.29, 1.82) is 0 Å². The Morgan fingerprint density at radius 2 is 1.76 bits per heavy atom. The molecule has 1 aliphatic carbocycles. The molecule has 21 heavy (non-hydrogen) atoms. The lowest BCUT2D eigenvalue weighted by Gasteiger charge is -2.39. The van der Waals surface area contributed by atoms with E-state index >= 15 is 0 Å². The highest BCUT2D eigenvalue weighted by molar-refractivity contribution is 7.80. The molecule has 120 valence electrons. The van der Waals surface area contributed by atoms with Gasteiger partial charge in [-0.2, -0.15) is 0 Å². The van der Waals surface area contributed by atoms with E-state index in [0.717, 1.165) is 65.0 Å². The van der Waals surface area contributed by atoms with Crippen LogP contribution in [0.2, 0.25) is 0 Å². The second-order valence-corrected chi connectivity index (χ2v) is 7.03. The van der Waals surface area contributed by atoms with Crippen LogP contribution < -0.4 is 5.73 Å². The van der Waals surface area contributed by atoms with E-state index in [2.05, 4.69) is 23.9 Å². The van der Waals surface area contributed by atoms with Gasteiger partial charge in [-0.25, -0.2) is 0 Å². The lowest BCUT2D eigenvalue weighted by atomic mass is 9.84. The number of rotatable bonds is 5. The van der Waals surface area contributed by atoms with Gasteiger partial charge in [-0.1, -0.05) is 25.1 Å². The van der Waals surface area contributed by atoms with Crippen molar-refractivity contribution in [3.8, 4) is 0 Å². The zero-order valence-corrected chi connectivity index (χ0v) is 14.1. The number of carbonyl (C=O) groups is 1. The van der Waals surface area contributed by atoms with Crippen LogP contribution in [0.4, 0.5) is 0 Å². The molecule has 2 N–H and O–H groups in total. The average molecular weight is 312 g/mol. The summed E-state index contributed by atoms with van der Waals surface area (Å²) in [5.41, 5.74) is 5.38. The molecule has 0 atom stereocenters. The summed E-state index contributed by atoms with van der Waals surface area (Å²) in [5, 5.41) is 0. The number of hydrogen-bond donors (Lipinski definition) is 1. The summed E-state index contributed by atoms with van der Waals surface area (Å²) in [5.74, 6) is 0.180. The zero-order valence-electron chi connectivity index (χ0n) is 13.3. The van der Waals surface area contributed by atoms with Crippen LogP contribution in [0.5, 0.6) is 0 Å². The van der Waals surface area contributed by atoms with Gasteiger partial charge in [0, 0.05) is 39.3 Å². The molecule has 2 fully saturated rings. The van der Waals surface area contributed by atoms with Crippen molar-refractivity contribution in [2.24, 2.45) is 11.1 Å². The van der Waals surface area contributed by atoms with Gasteiger partial charge in [0.15, 0.2) is 0 Å². The van der Waals surface area contributed by atoms with E-state index in [0.29, 0.717) is 4.99 Å². The third-order valence-electron chi connectivity index (χ3n) is 4.86. The van der Waals surface area contributed by atoms with Crippen molar-refractivity contribution in [1.82, 2.24) is 14.7 Å². The van der Waals surface area contributed by atoms with Gasteiger partial charge >= 0.3 is 0 Å². The number of carbonyl (C=O) groups excluding carboxylic acids is 1. The summed E-state index contributed by atoms with van der Waals surface area (Å²) >= 11 is 5.22. The third kappa shape index (κ3) is 3.73. The summed E-state index contributed by atoms with van der Waals surface area (Å²) in [7, 11) is 4.18. The standard InChI is InChI=1S/C15H28N4OS/c1-17(2)7-8-18-9-11-19(12-10-18)14(20)15(13(16)21)5-3-4-6-15/h3-12H2,1-2H3,(H2,16,21). The lowest BCUT2D eigenvalue weighted by molar-refractivity contribution is -0.139. The Morgan fingerprint density at radius 1 is 1.19 bits per heavy atom. The van der Waals surface area contributed by atoms with Crippen molar-refractivity contribution in [3.63, 3.8) is 0 Å². The van der Waals surface area contributed by atoms with E-state index in [1.54, 1.807) is 0 Å². The van der Waals surface area contributed by atoms with Crippen LogP contribution in [0.1, 0.15) is 25.7 Å². The highest BCUT2D eigenvalue weighted by atomic mass is 32.1. The van der Waals surface area contributed by atoms with Crippen molar-refractivity contribution in [2.75, 3.05) is 53.4 Å². The van der Waals surface area contributed by atoms with Crippen molar-refractivity contribution >= 4 is 23.1 Å². The van der Waals surface area contributed by atoms with Crippen LogP contribution in [0, 0.1) is 5.41 Å². The Kier molecular flexibility index (Phi) is 5.57. The van der Waals surface area contributed by atoms with Crippen molar-refractivity contribution < 1.29 is 4.79 Å². The van der Waals surface area contributed by atoms with Gasteiger partial charge in [-0.15, -0.1) is 0 Å². The second-order valence-electron chi connectivity index (χ2n) is 6.59. The zero-order chi connectivity index (χ0) is 15.5. The fourth-order valence-corrected chi connectivity index (χ4v) is 3.65. The number of nitrogens with two attached hydrogens (primary N) is 1. The first-order chi connectivity index (χ1) is 9.95. The van der Waals surface area contributed by atoms with E-state index in [4.69, 9.17) is 18.0 Å². The molecule has 0 aromatic rings. The quantitative estimate of drug-likeness (QED) is 0.751. The molecule has 6 heteroatoms. The molecule has 2 aliphatic rings. The smallest absolute Gasteiger partial charge is 0.235 e. The molecule has 0 radical (unpaired) electrons. The number of nitrogens with zero attached hydrogens (tertiary/aromatic N) is 3. The maximum absolute atomic E-state index is 12.9. The number of likely N-dealkylation sites (N-methyl/N-ethyl adjacent to an activating group) is 1. The van der Waals surface area contributed by atoms with Gasteiger partial charge in [-0.3, -0.25) is 9.69 Å². The summed E-state index contributed by atoms with van der Waals surface area (Å²) in [6.45, 7) is 5.63. The van der Waals surface area contributed by atoms with Crippen LogP contribution in [0.25, 0.3) is 0 Å². The van der Waals surface area contributed by atoms with E-state index < -0.39 is 5.41 Å². The van der Waals surface area contributed by atoms with Crippen LogP contribution in [0.15, 0.2) is 0 Å². The van der Waals surface area contributed by atoms with E-state index in [-0.39, 0.29) is 5.91 Å². The van der Waals surface area contributed by atoms with Gasteiger partial charge < -0.3 is 15.5 Å². The van der Waals surface area contributed by atoms with Crippen molar-refractivity contribution in [3.05, 3.63) is 0 Å². The molecule has 0 unspecified atom stereocenters. The fourth-order valence-electron chi connectivity index (χ4n) is 3.36. The fraction of sp³-hybridized carbons (Fsp3) is 0.867. The van der Waals surface area contributed by atoms with Crippen LogP contribution in [-0.4, -0.2) is 79.0 Å². The third-order valence-corrected chi connectivity index (χ3v) is 5.25. The Labute approximate surface area is 133 Å². The molecule has 0 spiro atoms. The number of amides is 1. The first-order valence-corrected chi connectivity index (χ1v) is 8.33. The highest BCUT2D eigenvalue weighted by Crippen LogP contribution is 2.40. The van der Waals surface area contributed by atoms with E-state index in [1.165, 1.54) is 0 Å². The first-order valence-electron chi connectivity index (χ1n) is 7.92. The molecule has 5 nitrogen and oxygen atoms in total. The highest BCUT2D eigenvalue weighted by Gasteiger charge is 2.46. The first kappa shape index (κ1) is 16.6. The molecule has 1 amide bonds. The molecule has 0 aromatic heterocycles. The summed E-state index contributed by atoms with van der Waals surface area (Å²) in [6.07, 6.45) is 3.79. The second kappa shape index (κ2) is 7.03. The van der Waals surface area contributed by atoms with Crippen LogP contribution >= 0.6 is 12.2 Å². The van der Waals surface area contributed by atoms with Gasteiger partial charge in [0.05, 0.1) is 10.4 Å². The largest absolute Gasteiger partial charge is 0.392 e. The van der Waals surface area contributed by atoms with Gasteiger partial charge in [-0.05, 0) is 26.9 Å². The SMILES string of the molecule is CN(C)CCN1CCN(C(=O)C2(C(N)=S)CCCC2)CC1. The van der Waals surface area contributed by atoms with E-state index in [9.17, 15) is 4.79 Å². The normalized spacial score (nSPS) is 22.7. The monoisotopic (exact) mass is 312 g/mol. The molecule has 1 heterocycles. The number of piperazine rings is 1. The van der Waals surface area contributed by atoms with E-state index in [1.807, 2.05) is 4.90 Å². The Bertz CT molecular complexity index is 385. The van der Waals surface area contributed by atoms with Gasteiger partial charge in [0.1, 0.15) is 0 Å². The lowest BCUT2D eigenvalue weighted by Crippen LogP contribution is -2.56. The Balaban J connectivity index is 1.89. The molecule has 1 saturated carbocycles. The molecular weight excluding hydrogens is 284 g/mol. The molecule has 0 bridgehead atoms. The molecule has 2 rings (SSSR count). The van der Waals surface area contributed by atoms with Crippen LogP contribution in [-0.2, 0) is 4.79 Å². The minimum absolute atomic E-state index is 0.180. The summed E-state index contributed by atoms with van der Waals surface area (Å²) in [6, 6.07) is 0. The molecular formula is C15H28N4OS. The topological polar surface area (TPSA) is 52.8 Å². The number of thiocarbonyl (C=S) groups is 1. The summed E-state index contributed by atoms with van der Waals surface area (Å²) < 4.78 is 0. The minimum Gasteiger partial charge on any atom is -0.392 e. The van der Waals surface area contributed by atoms with Crippen molar-refractivity contribution in [2.45, 2.75) is 25.7 Å². The Morgan fingerprint density at radius 3 is 2.24 bits per heavy atom. The van der Waals surface area contributed by atoms with Gasteiger partial charge in [0.2, 0.25) is 5.91 Å². The molecule has 0 aromatic carbocycles. The van der Waals surface area contributed by atoms with Crippen LogP contribution in [0.3, 0.4) is 0 Å². The average Bonchev–Trinajstić information content (AvgIpc) is 2.95. The predicted octanol–water partition coefficient (Wildman–Crippen LogP) is 0.539. The Hall–Kier alpha value is -0.720. The summed E-state index contributed by atoms with van der Waals surface area (Å²) in [4.78, 5) is 19.9. The maximum atomic E-state index is 12.9. The van der Waals surface area contributed by atoms with Gasteiger partial charge in [0.25, 0.3) is 0 Å². The number of hydrogen-bond acceptors (Lipinski definition) is 4. The minimum atomic E-state index is -0.541. The predicted molar refractivity (Wildman–Crippen MR) is 89.3 cm³/mol.